The highest BCUT2D eigenvalue weighted by molar-refractivity contribution is 7.09. The molecule has 1 saturated heterocycles. The second-order valence-electron chi connectivity index (χ2n) is 5.67. The van der Waals surface area contributed by atoms with Gasteiger partial charge in [-0.05, 0) is 36.8 Å². The Bertz CT molecular complexity index is 475. The first-order chi connectivity index (χ1) is 10.0. The van der Waals surface area contributed by atoms with Crippen molar-refractivity contribution < 1.29 is 14.7 Å². The molecule has 1 N–H and O–H groups in total. The molecule has 1 unspecified atom stereocenters. The second kappa shape index (κ2) is 7.56. The van der Waals surface area contributed by atoms with Gasteiger partial charge in [-0.15, -0.1) is 11.3 Å². The number of carboxylic acid groups (broad SMARTS) is 1. The van der Waals surface area contributed by atoms with E-state index in [0.717, 1.165) is 19.4 Å². The summed E-state index contributed by atoms with van der Waals surface area (Å²) >= 11 is 1.65. The van der Waals surface area contributed by atoms with Gasteiger partial charge in [-0.3, -0.25) is 14.5 Å². The van der Waals surface area contributed by atoms with Crippen molar-refractivity contribution in [2.75, 3.05) is 26.7 Å². The van der Waals surface area contributed by atoms with Crippen molar-refractivity contribution in [2.45, 2.75) is 25.8 Å². The zero-order chi connectivity index (χ0) is 15.2. The molecule has 0 radical (unpaired) electrons. The number of piperidine rings is 1. The van der Waals surface area contributed by atoms with E-state index in [1.54, 1.807) is 16.2 Å². The van der Waals surface area contributed by atoms with Gasteiger partial charge in [0.05, 0.1) is 13.1 Å². The smallest absolute Gasteiger partial charge is 0.303 e. The number of hydrogen-bond donors (Lipinski definition) is 1. The van der Waals surface area contributed by atoms with E-state index in [0.29, 0.717) is 19.6 Å². The Balaban J connectivity index is 1.79. The summed E-state index contributed by atoms with van der Waals surface area (Å²) in [6, 6.07) is 4.01. The maximum atomic E-state index is 12.2. The average molecular weight is 310 g/mol. The SMILES string of the molecule is CN(Cc1cccs1)C(=O)CN1CCCC(CC(=O)O)C1. The van der Waals surface area contributed by atoms with E-state index >= 15 is 0 Å². The number of rotatable bonds is 6. The van der Waals surface area contributed by atoms with Crippen LogP contribution in [0.4, 0.5) is 0 Å². The summed E-state index contributed by atoms with van der Waals surface area (Å²) in [5, 5.41) is 10.9. The van der Waals surface area contributed by atoms with Crippen LogP contribution in [0.2, 0.25) is 0 Å². The zero-order valence-electron chi connectivity index (χ0n) is 12.3. The van der Waals surface area contributed by atoms with Crippen molar-refractivity contribution in [3.63, 3.8) is 0 Å². The number of nitrogens with zero attached hydrogens (tertiary/aromatic N) is 2. The summed E-state index contributed by atoms with van der Waals surface area (Å²) < 4.78 is 0. The number of hydrogen-bond acceptors (Lipinski definition) is 4. The molecule has 1 aromatic heterocycles. The highest BCUT2D eigenvalue weighted by Crippen LogP contribution is 2.19. The van der Waals surface area contributed by atoms with Gasteiger partial charge in [0.15, 0.2) is 0 Å². The predicted octanol–water partition coefficient (Wildman–Crippen LogP) is 1.89. The number of carbonyl (C=O) groups excluding carboxylic acids is 1. The maximum absolute atomic E-state index is 12.2. The third kappa shape index (κ3) is 5.13. The lowest BCUT2D eigenvalue weighted by atomic mass is 9.95. The monoisotopic (exact) mass is 310 g/mol. The van der Waals surface area contributed by atoms with Gasteiger partial charge < -0.3 is 10.0 Å². The molecular weight excluding hydrogens is 288 g/mol. The van der Waals surface area contributed by atoms with E-state index in [9.17, 15) is 9.59 Å². The van der Waals surface area contributed by atoms with Gasteiger partial charge in [0.2, 0.25) is 5.91 Å². The molecule has 1 fully saturated rings. The fourth-order valence-corrected chi connectivity index (χ4v) is 3.50. The van der Waals surface area contributed by atoms with Gasteiger partial charge in [0, 0.05) is 24.9 Å². The number of carbonyl (C=O) groups is 2. The van der Waals surface area contributed by atoms with Crippen LogP contribution in [0.3, 0.4) is 0 Å². The van der Waals surface area contributed by atoms with Crippen LogP contribution in [0.25, 0.3) is 0 Å². The second-order valence-corrected chi connectivity index (χ2v) is 6.70. The molecule has 1 aliphatic rings. The Kier molecular flexibility index (Phi) is 5.76. The lowest BCUT2D eigenvalue weighted by molar-refractivity contribution is -0.138. The Labute approximate surface area is 129 Å². The predicted molar refractivity (Wildman–Crippen MR) is 82.2 cm³/mol. The molecule has 1 amide bonds. The first-order valence-corrected chi connectivity index (χ1v) is 8.13. The van der Waals surface area contributed by atoms with Gasteiger partial charge in [-0.25, -0.2) is 0 Å². The van der Waals surface area contributed by atoms with Gasteiger partial charge in [0.1, 0.15) is 0 Å². The third-order valence-corrected chi connectivity index (χ3v) is 4.69. The minimum absolute atomic E-state index is 0.0966. The average Bonchev–Trinajstić information content (AvgIpc) is 2.91. The van der Waals surface area contributed by atoms with Crippen molar-refractivity contribution in [3.8, 4) is 0 Å². The van der Waals surface area contributed by atoms with Crippen molar-refractivity contribution >= 4 is 23.2 Å². The fourth-order valence-electron chi connectivity index (χ4n) is 2.74. The number of thiophene rings is 1. The number of likely N-dealkylation sites (N-methyl/N-ethyl adjacent to an activating group) is 1. The first-order valence-electron chi connectivity index (χ1n) is 7.25. The Hall–Kier alpha value is -1.40. The molecule has 0 aromatic carbocycles. The number of likely N-dealkylation sites (tertiary alicyclic amines) is 1. The van der Waals surface area contributed by atoms with Crippen LogP contribution in [0.15, 0.2) is 17.5 Å². The van der Waals surface area contributed by atoms with Crippen molar-refractivity contribution in [1.82, 2.24) is 9.80 Å². The summed E-state index contributed by atoms with van der Waals surface area (Å²) in [6.07, 6.45) is 2.12. The Morgan fingerprint density at radius 3 is 3.00 bits per heavy atom. The van der Waals surface area contributed by atoms with E-state index in [1.165, 1.54) is 4.88 Å². The van der Waals surface area contributed by atoms with Crippen LogP contribution in [0.5, 0.6) is 0 Å². The molecule has 6 heteroatoms. The summed E-state index contributed by atoms with van der Waals surface area (Å²) in [6.45, 7) is 2.63. The largest absolute Gasteiger partial charge is 0.481 e. The highest BCUT2D eigenvalue weighted by Gasteiger charge is 2.24. The molecule has 0 saturated carbocycles. The van der Waals surface area contributed by atoms with Crippen LogP contribution in [-0.4, -0.2) is 53.5 Å². The lowest BCUT2D eigenvalue weighted by Gasteiger charge is -2.32. The number of amides is 1. The minimum Gasteiger partial charge on any atom is -0.481 e. The molecule has 21 heavy (non-hydrogen) atoms. The van der Waals surface area contributed by atoms with E-state index in [2.05, 4.69) is 4.90 Å². The fraction of sp³-hybridized carbons (Fsp3) is 0.600. The molecular formula is C15H22N2O3S. The van der Waals surface area contributed by atoms with Crippen LogP contribution < -0.4 is 0 Å². The van der Waals surface area contributed by atoms with Crippen LogP contribution in [0.1, 0.15) is 24.1 Å². The molecule has 116 valence electrons. The molecule has 5 nitrogen and oxygen atoms in total. The molecule has 1 aliphatic heterocycles. The topological polar surface area (TPSA) is 60.9 Å². The molecule has 2 rings (SSSR count). The molecule has 2 heterocycles. The molecule has 1 atom stereocenters. The van der Waals surface area contributed by atoms with E-state index in [-0.39, 0.29) is 18.2 Å². The van der Waals surface area contributed by atoms with Crippen LogP contribution >= 0.6 is 11.3 Å². The minimum atomic E-state index is -0.747. The van der Waals surface area contributed by atoms with E-state index < -0.39 is 5.97 Å². The van der Waals surface area contributed by atoms with Crippen molar-refractivity contribution in [3.05, 3.63) is 22.4 Å². The summed E-state index contributed by atoms with van der Waals surface area (Å²) in [5.41, 5.74) is 0. The van der Waals surface area contributed by atoms with Gasteiger partial charge in [-0.2, -0.15) is 0 Å². The number of aliphatic carboxylic acids is 1. The zero-order valence-corrected chi connectivity index (χ0v) is 13.1. The Morgan fingerprint density at radius 1 is 1.52 bits per heavy atom. The molecule has 0 spiro atoms. The first kappa shape index (κ1) is 16.0. The van der Waals surface area contributed by atoms with Crippen LogP contribution in [-0.2, 0) is 16.1 Å². The third-order valence-electron chi connectivity index (χ3n) is 3.82. The molecule has 0 bridgehead atoms. The standard InChI is InChI=1S/C15H22N2O3S/c1-16(10-13-5-3-7-21-13)14(18)11-17-6-2-4-12(9-17)8-15(19)20/h3,5,7,12H,2,4,6,8-11H2,1H3,(H,19,20). The van der Waals surface area contributed by atoms with E-state index in [4.69, 9.17) is 5.11 Å². The molecule has 1 aromatic rings. The van der Waals surface area contributed by atoms with Gasteiger partial charge >= 0.3 is 5.97 Å². The van der Waals surface area contributed by atoms with Gasteiger partial charge in [0.25, 0.3) is 0 Å². The Morgan fingerprint density at radius 2 is 2.33 bits per heavy atom. The summed E-state index contributed by atoms with van der Waals surface area (Å²) in [5.74, 6) is -0.478. The summed E-state index contributed by atoms with van der Waals surface area (Å²) in [4.78, 5) is 28.0. The van der Waals surface area contributed by atoms with Crippen molar-refractivity contribution in [1.29, 1.82) is 0 Å². The van der Waals surface area contributed by atoms with Crippen LogP contribution in [0, 0.1) is 5.92 Å². The lowest BCUT2D eigenvalue weighted by Crippen LogP contribution is -2.43. The highest BCUT2D eigenvalue weighted by atomic mass is 32.1. The van der Waals surface area contributed by atoms with Crippen molar-refractivity contribution in [2.24, 2.45) is 5.92 Å². The van der Waals surface area contributed by atoms with Gasteiger partial charge in [-0.1, -0.05) is 6.07 Å². The van der Waals surface area contributed by atoms with E-state index in [1.807, 2.05) is 24.6 Å². The quantitative estimate of drug-likeness (QED) is 0.872. The maximum Gasteiger partial charge on any atom is 0.303 e. The number of carboxylic acids is 1. The summed E-state index contributed by atoms with van der Waals surface area (Å²) in [7, 11) is 1.82. The normalized spacial score (nSPS) is 19.4. The molecule has 0 aliphatic carbocycles.